The highest BCUT2D eigenvalue weighted by molar-refractivity contribution is 7.89. The molecule has 0 fully saturated rings. The summed E-state index contributed by atoms with van der Waals surface area (Å²) in [5.41, 5.74) is 6.67. The number of sulfonamides is 1. The molecule has 192 valence electrons. The molecule has 0 radical (unpaired) electrons. The van der Waals surface area contributed by atoms with Gasteiger partial charge in [0.25, 0.3) is 0 Å². The van der Waals surface area contributed by atoms with E-state index in [9.17, 15) is 18.3 Å². The van der Waals surface area contributed by atoms with Crippen LogP contribution in [0.15, 0.2) is 53.4 Å². The van der Waals surface area contributed by atoms with Gasteiger partial charge in [-0.1, -0.05) is 58.0 Å². The SMILES string of the molecule is CC(C)CN(C[C@@H](O)C(NC(=O)[C@@H](N)C(C)C)c1ccccc1)S(=O)(=O)c1ccc2c(c1)OCO2. The van der Waals surface area contributed by atoms with Crippen molar-refractivity contribution in [3.63, 3.8) is 0 Å². The van der Waals surface area contributed by atoms with Gasteiger partial charge in [-0.25, -0.2) is 8.42 Å². The second-order valence-electron chi connectivity index (χ2n) is 9.47. The molecule has 0 aromatic heterocycles. The number of nitrogens with two attached hydrogens (primary N) is 1. The van der Waals surface area contributed by atoms with Crippen LogP contribution in [0.4, 0.5) is 0 Å². The maximum absolute atomic E-state index is 13.6. The topological polar surface area (TPSA) is 131 Å². The summed E-state index contributed by atoms with van der Waals surface area (Å²) in [6.07, 6.45) is -1.23. The van der Waals surface area contributed by atoms with Crippen LogP contribution in [0.5, 0.6) is 11.5 Å². The number of aliphatic hydroxyl groups is 1. The van der Waals surface area contributed by atoms with Crippen LogP contribution in [0.1, 0.15) is 39.3 Å². The number of ether oxygens (including phenoxy) is 2. The van der Waals surface area contributed by atoms with E-state index in [1.165, 1.54) is 16.4 Å². The molecule has 2 aromatic carbocycles. The smallest absolute Gasteiger partial charge is 0.243 e. The Kier molecular flexibility index (Phi) is 8.76. The summed E-state index contributed by atoms with van der Waals surface area (Å²) in [7, 11) is -3.99. The van der Waals surface area contributed by atoms with Gasteiger partial charge >= 0.3 is 0 Å². The van der Waals surface area contributed by atoms with Gasteiger partial charge in [-0.05, 0) is 29.5 Å². The second kappa shape index (κ2) is 11.4. The summed E-state index contributed by atoms with van der Waals surface area (Å²) in [5, 5.41) is 14.1. The Morgan fingerprint density at radius 2 is 1.71 bits per heavy atom. The molecule has 35 heavy (non-hydrogen) atoms. The number of hydrogen-bond donors (Lipinski definition) is 3. The molecule has 3 atom stereocenters. The normalized spacial score (nSPS) is 15.9. The molecule has 2 aromatic rings. The van der Waals surface area contributed by atoms with E-state index in [2.05, 4.69) is 5.32 Å². The van der Waals surface area contributed by atoms with Crippen molar-refractivity contribution in [3.8, 4) is 11.5 Å². The Hall–Kier alpha value is -2.66. The van der Waals surface area contributed by atoms with Gasteiger partial charge in [0.15, 0.2) is 11.5 Å². The van der Waals surface area contributed by atoms with E-state index in [0.717, 1.165) is 0 Å². The fraction of sp³-hybridized carbons (Fsp3) is 0.480. The average molecular weight is 506 g/mol. The fourth-order valence-corrected chi connectivity index (χ4v) is 5.43. The molecular formula is C25H35N3O6S. The summed E-state index contributed by atoms with van der Waals surface area (Å²) in [4.78, 5) is 12.8. The number of hydrogen-bond acceptors (Lipinski definition) is 7. The second-order valence-corrected chi connectivity index (χ2v) is 11.4. The molecule has 0 saturated heterocycles. The predicted molar refractivity (Wildman–Crippen MR) is 132 cm³/mol. The van der Waals surface area contributed by atoms with Crippen molar-refractivity contribution in [2.75, 3.05) is 19.9 Å². The first-order chi connectivity index (χ1) is 16.5. The van der Waals surface area contributed by atoms with Crippen LogP contribution in [0.3, 0.4) is 0 Å². The molecule has 0 spiro atoms. The van der Waals surface area contributed by atoms with Crippen LogP contribution in [0.25, 0.3) is 0 Å². The van der Waals surface area contributed by atoms with Gasteiger partial charge in [0, 0.05) is 19.2 Å². The van der Waals surface area contributed by atoms with Crippen molar-refractivity contribution >= 4 is 15.9 Å². The van der Waals surface area contributed by atoms with Gasteiger partial charge in [0.05, 0.1) is 23.1 Å². The zero-order valence-electron chi connectivity index (χ0n) is 20.5. The molecule has 1 aliphatic heterocycles. The highest BCUT2D eigenvalue weighted by atomic mass is 32.2. The van der Waals surface area contributed by atoms with Crippen molar-refractivity contribution in [1.82, 2.24) is 9.62 Å². The van der Waals surface area contributed by atoms with Crippen LogP contribution in [0, 0.1) is 11.8 Å². The van der Waals surface area contributed by atoms with Crippen LogP contribution in [0.2, 0.25) is 0 Å². The van der Waals surface area contributed by atoms with Gasteiger partial charge in [-0.15, -0.1) is 0 Å². The molecule has 0 aliphatic carbocycles. The number of nitrogens with zero attached hydrogens (tertiary/aromatic N) is 1. The summed E-state index contributed by atoms with van der Waals surface area (Å²) in [6, 6.07) is 11.8. The third-order valence-corrected chi connectivity index (χ3v) is 7.63. The molecule has 1 amide bonds. The number of fused-ring (bicyclic) bond motifs is 1. The molecule has 0 saturated carbocycles. The highest BCUT2D eigenvalue weighted by Gasteiger charge is 2.33. The number of nitrogens with one attached hydrogen (secondary N) is 1. The van der Waals surface area contributed by atoms with E-state index >= 15 is 0 Å². The maximum Gasteiger partial charge on any atom is 0.243 e. The number of amides is 1. The van der Waals surface area contributed by atoms with Gasteiger partial charge in [-0.3, -0.25) is 4.79 Å². The van der Waals surface area contributed by atoms with E-state index in [4.69, 9.17) is 15.2 Å². The van der Waals surface area contributed by atoms with Gasteiger partial charge in [0.1, 0.15) is 0 Å². The Morgan fingerprint density at radius 3 is 2.34 bits per heavy atom. The fourth-order valence-electron chi connectivity index (χ4n) is 3.79. The van der Waals surface area contributed by atoms with Crippen LogP contribution in [-0.4, -0.2) is 55.8 Å². The Labute approximate surface area is 207 Å². The maximum atomic E-state index is 13.6. The van der Waals surface area contributed by atoms with Crippen molar-refractivity contribution in [2.24, 2.45) is 17.6 Å². The molecule has 9 nitrogen and oxygen atoms in total. The Bertz CT molecular complexity index is 1110. The molecule has 0 bridgehead atoms. The Balaban J connectivity index is 1.90. The van der Waals surface area contributed by atoms with Gasteiger partial charge in [0.2, 0.25) is 22.7 Å². The zero-order valence-corrected chi connectivity index (χ0v) is 21.4. The minimum Gasteiger partial charge on any atom is -0.454 e. The third-order valence-electron chi connectivity index (χ3n) is 5.80. The van der Waals surface area contributed by atoms with Crippen molar-refractivity contribution in [1.29, 1.82) is 0 Å². The standard InChI is InChI=1S/C25H35N3O6S/c1-16(2)13-28(35(31,32)19-10-11-21-22(12-19)34-15-33-21)14-20(29)24(18-8-6-5-7-9-18)27-25(30)23(26)17(3)4/h5-12,16-17,20,23-24,29H,13-15,26H2,1-4H3,(H,27,30)/t20-,23+,24?/m1/s1. The van der Waals surface area contributed by atoms with E-state index in [0.29, 0.717) is 17.1 Å². The first-order valence-electron chi connectivity index (χ1n) is 11.7. The lowest BCUT2D eigenvalue weighted by atomic mass is 9.99. The Morgan fingerprint density at radius 1 is 1.06 bits per heavy atom. The summed E-state index contributed by atoms with van der Waals surface area (Å²) in [6.45, 7) is 7.44. The molecule has 3 rings (SSSR count). The monoisotopic (exact) mass is 505 g/mol. The summed E-state index contributed by atoms with van der Waals surface area (Å²) < 4.78 is 39.1. The van der Waals surface area contributed by atoms with E-state index in [1.807, 2.05) is 33.8 Å². The lowest BCUT2D eigenvalue weighted by Crippen LogP contribution is -2.50. The third kappa shape index (κ3) is 6.52. The zero-order chi connectivity index (χ0) is 25.8. The van der Waals surface area contributed by atoms with E-state index in [-0.39, 0.29) is 36.6 Å². The number of rotatable bonds is 11. The summed E-state index contributed by atoms with van der Waals surface area (Å²) in [5.74, 6) is 0.306. The van der Waals surface area contributed by atoms with E-state index in [1.54, 1.807) is 30.3 Å². The van der Waals surface area contributed by atoms with Gasteiger partial charge in [-0.2, -0.15) is 4.31 Å². The van der Waals surface area contributed by atoms with Crippen LogP contribution in [-0.2, 0) is 14.8 Å². The predicted octanol–water partition coefficient (Wildman–Crippen LogP) is 2.26. The summed E-state index contributed by atoms with van der Waals surface area (Å²) >= 11 is 0. The molecule has 1 aliphatic rings. The van der Waals surface area contributed by atoms with Crippen molar-refractivity contribution in [2.45, 2.75) is 50.8 Å². The average Bonchev–Trinajstić information content (AvgIpc) is 3.29. The largest absolute Gasteiger partial charge is 0.454 e. The minimum atomic E-state index is -3.99. The molecule has 4 N–H and O–H groups in total. The number of benzene rings is 2. The van der Waals surface area contributed by atoms with Crippen molar-refractivity contribution < 1.29 is 27.8 Å². The molecule has 10 heteroatoms. The number of aliphatic hydroxyl groups excluding tert-OH is 1. The van der Waals surface area contributed by atoms with Crippen LogP contribution < -0.4 is 20.5 Å². The van der Waals surface area contributed by atoms with Crippen LogP contribution >= 0.6 is 0 Å². The lowest BCUT2D eigenvalue weighted by molar-refractivity contribution is -0.125. The van der Waals surface area contributed by atoms with Gasteiger partial charge < -0.3 is 25.6 Å². The molecular weight excluding hydrogens is 470 g/mol. The lowest BCUT2D eigenvalue weighted by Gasteiger charge is -2.31. The molecule has 1 heterocycles. The van der Waals surface area contributed by atoms with E-state index < -0.39 is 34.1 Å². The first kappa shape index (κ1) is 26.9. The number of carbonyl (C=O) groups excluding carboxylic acids is 1. The highest BCUT2D eigenvalue weighted by Crippen LogP contribution is 2.35. The first-order valence-corrected chi connectivity index (χ1v) is 13.1. The minimum absolute atomic E-state index is 0.00915. The number of carbonyl (C=O) groups is 1. The van der Waals surface area contributed by atoms with Crippen molar-refractivity contribution in [3.05, 3.63) is 54.1 Å². The quantitative estimate of drug-likeness (QED) is 0.427. The molecule has 1 unspecified atom stereocenters.